The van der Waals surface area contributed by atoms with Crippen molar-refractivity contribution in [2.75, 3.05) is 0 Å². The summed E-state index contributed by atoms with van der Waals surface area (Å²) in [6.45, 7) is 0. The van der Waals surface area contributed by atoms with Crippen LogP contribution >= 0.6 is 31.9 Å². The van der Waals surface area contributed by atoms with Gasteiger partial charge in [0.25, 0.3) is 0 Å². The number of hydrogen-bond acceptors (Lipinski definition) is 0. The summed E-state index contributed by atoms with van der Waals surface area (Å²) in [5, 5.41) is 5.11. The summed E-state index contributed by atoms with van der Waals surface area (Å²) in [4.78, 5) is 0. The van der Waals surface area contributed by atoms with Crippen LogP contribution in [0.4, 0.5) is 0 Å². The molecule has 4 aromatic carbocycles. The maximum absolute atomic E-state index is 3.50. The van der Waals surface area contributed by atoms with Crippen LogP contribution in [0.15, 0.2) is 93.9 Å². The van der Waals surface area contributed by atoms with Gasteiger partial charge in [0.05, 0.1) is 0 Å². The van der Waals surface area contributed by atoms with Crippen LogP contribution in [0, 0.1) is 0 Å². The zero-order valence-corrected chi connectivity index (χ0v) is 15.0. The highest BCUT2D eigenvalue weighted by molar-refractivity contribution is 9.11. The van der Waals surface area contributed by atoms with Gasteiger partial charge < -0.3 is 0 Å². The van der Waals surface area contributed by atoms with Crippen LogP contribution in [-0.2, 0) is 0 Å². The Morgan fingerprint density at radius 1 is 0.409 bits per heavy atom. The molecule has 0 amide bonds. The molecule has 4 rings (SSSR count). The first-order chi connectivity index (χ1) is 10.8. The quantitative estimate of drug-likeness (QED) is 0.285. The van der Waals surface area contributed by atoms with Crippen molar-refractivity contribution in [1.29, 1.82) is 0 Å². The second-order valence-electron chi connectivity index (χ2n) is 4.92. The van der Waals surface area contributed by atoms with Crippen LogP contribution in [-0.4, -0.2) is 0 Å². The molecule has 108 valence electrons. The SMILES string of the molecule is Brc1cccc2ccccc12.Brc1cccc2ccccc12. The monoisotopic (exact) mass is 412 g/mol. The second kappa shape index (κ2) is 7.08. The molecule has 22 heavy (non-hydrogen) atoms. The Morgan fingerprint density at radius 2 is 0.773 bits per heavy atom. The van der Waals surface area contributed by atoms with E-state index in [4.69, 9.17) is 0 Å². The summed E-state index contributed by atoms with van der Waals surface area (Å²) in [7, 11) is 0. The van der Waals surface area contributed by atoms with Crippen molar-refractivity contribution in [3.05, 3.63) is 93.9 Å². The third-order valence-corrected chi connectivity index (χ3v) is 4.86. The van der Waals surface area contributed by atoms with Gasteiger partial charge in [0.1, 0.15) is 0 Å². The summed E-state index contributed by atoms with van der Waals surface area (Å²) >= 11 is 6.99. The molecular formula is C20H14Br2. The number of fused-ring (bicyclic) bond motifs is 2. The Kier molecular flexibility index (Phi) is 4.91. The third-order valence-electron chi connectivity index (χ3n) is 3.47. The van der Waals surface area contributed by atoms with E-state index in [1.54, 1.807) is 0 Å². The van der Waals surface area contributed by atoms with Crippen molar-refractivity contribution < 1.29 is 0 Å². The van der Waals surface area contributed by atoms with E-state index < -0.39 is 0 Å². The van der Waals surface area contributed by atoms with Crippen LogP contribution in [0.25, 0.3) is 21.5 Å². The van der Waals surface area contributed by atoms with Gasteiger partial charge >= 0.3 is 0 Å². The predicted octanol–water partition coefficient (Wildman–Crippen LogP) is 7.20. The molecule has 0 saturated carbocycles. The third kappa shape index (κ3) is 3.40. The van der Waals surface area contributed by atoms with Crippen molar-refractivity contribution in [1.82, 2.24) is 0 Å². The number of benzene rings is 4. The van der Waals surface area contributed by atoms with E-state index in [-0.39, 0.29) is 0 Å². The average Bonchev–Trinajstić information content (AvgIpc) is 2.57. The minimum atomic E-state index is 1.16. The van der Waals surface area contributed by atoms with Gasteiger partial charge in [-0.15, -0.1) is 0 Å². The van der Waals surface area contributed by atoms with Crippen molar-refractivity contribution in [2.45, 2.75) is 0 Å². The summed E-state index contributed by atoms with van der Waals surface area (Å²) in [5.41, 5.74) is 0. The Balaban J connectivity index is 0.000000131. The molecule has 0 heterocycles. The standard InChI is InChI=1S/2C10H7Br/c2*11-10-7-3-5-8-4-1-2-6-9(8)10/h2*1-7H. The first-order valence-corrected chi connectivity index (χ1v) is 8.61. The van der Waals surface area contributed by atoms with Crippen molar-refractivity contribution >= 4 is 53.4 Å². The van der Waals surface area contributed by atoms with E-state index in [2.05, 4.69) is 92.5 Å². The molecule has 0 aliphatic heterocycles. The summed E-state index contributed by atoms with van der Waals surface area (Å²) < 4.78 is 2.33. The molecular weight excluding hydrogens is 400 g/mol. The number of halogens is 2. The Hall–Kier alpha value is -1.64. The molecule has 0 saturated heterocycles. The fourth-order valence-corrected chi connectivity index (χ4v) is 3.40. The van der Waals surface area contributed by atoms with Gasteiger partial charge in [-0.2, -0.15) is 0 Å². The van der Waals surface area contributed by atoms with E-state index in [1.807, 2.05) is 24.3 Å². The Morgan fingerprint density at radius 3 is 1.18 bits per heavy atom. The van der Waals surface area contributed by atoms with Crippen LogP contribution in [0.2, 0.25) is 0 Å². The molecule has 0 aromatic heterocycles. The molecule has 2 heteroatoms. The first kappa shape index (κ1) is 15.3. The molecule has 4 aromatic rings. The van der Waals surface area contributed by atoms with Crippen molar-refractivity contribution in [3.63, 3.8) is 0 Å². The smallest absolute Gasteiger partial charge is 0.0253 e. The van der Waals surface area contributed by atoms with Crippen LogP contribution < -0.4 is 0 Å². The maximum atomic E-state index is 3.50. The molecule has 0 fully saturated rings. The summed E-state index contributed by atoms with van der Waals surface area (Å²) in [5.74, 6) is 0. The number of hydrogen-bond donors (Lipinski definition) is 0. The highest BCUT2D eigenvalue weighted by Crippen LogP contribution is 2.23. The second-order valence-corrected chi connectivity index (χ2v) is 6.63. The van der Waals surface area contributed by atoms with Crippen LogP contribution in [0.1, 0.15) is 0 Å². The van der Waals surface area contributed by atoms with Gasteiger partial charge in [0.2, 0.25) is 0 Å². The molecule has 0 unspecified atom stereocenters. The molecule has 0 bridgehead atoms. The summed E-state index contributed by atoms with van der Waals surface area (Å²) in [6, 6.07) is 29.1. The lowest BCUT2D eigenvalue weighted by Gasteiger charge is -1.97. The normalized spacial score (nSPS) is 10.3. The molecule has 0 N–H and O–H groups in total. The van der Waals surface area contributed by atoms with Gasteiger partial charge in [-0.05, 0) is 33.7 Å². The Bertz CT molecular complexity index is 825. The van der Waals surface area contributed by atoms with Gasteiger partial charge in [-0.25, -0.2) is 0 Å². The van der Waals surface area contributed by atoms with Gasteiger partial charge in [-0.3, -0.25) is 0 Å². The average molecular weight is 414 g/mol. The maximum Gasteiger partial charge on any atom is 0.0253 e. The highest BCUT2D eigenvalue weighted by atomic mass is 79.9. The van der Waals surface area contributed by atoms with E-state index in [9.17, 15) is 0 Å². The molecule has 0 atom stereocenters. The van der Waals surface area contributed by atoms with E-state index in [1.165, 1.54) is 21.5 Å². The first-order valence-electron chi connectivity index (χ1n) is 7.02. The van der Waals surface area contributed by atoms with Gasteiger partial charge in [-0.1, -0.05) is 105 Å². The number of rotatable bonds is 0. The van der Waals surface area contributed by atoms with Gasteiger partial charge in [0, 0.05) is 8.95 Å². The van der Waals surface area contributed by atoms with E-state index in [0.29, 0.717) is 0 Å². The Labute approximate surface area is 147 Å². The van der Waals surface area contributed by atoms with Crippen LogP contribution in [0.5, 0.6) is 0 Å². The predicted molar refractivity (Wildman–Crippen MR) is 103 cm³/mol. The molecule has 0 aliphatic rings. The van der Waals surface area contributed by atoms with E-state index in [0.717, 1.165) is 8.95 Å². The minimum Gasteiger partial charge on any atom is -0.0616 e. The largest absolute Gasteiger partial charge is 0.0616 e. The zero-order valence-electron chi connectivity index (χ0n) is 11.8. The molecule has 0 radical (unpaired) electrons. The topological polar surface area (TPSA) is 0 Å². The fraction of sp³-hybridized carbons (Fsp3) is 0. The van der Waals surface area contributed by atoms with Crippen molar-refractivity contribution in [3.8, 4) is 0 Å². The summed E-state index contributed by atoms with van der Waals surface area (Å²) in [6.07, 6.45) is 0. The molecule has 0 spiro atoms. The zero-order chi connectivity index (χ0) is 15.4. The molecule has 0 aliphatic carbocycles. The van der Waals surface area contributed by atoms with Crippen molar-refractivity contribution in [2.24, 2.45) is 0 Å². The fourth-order valence-electron chi connectivity index (χ4n) is 2.37. The lowest BCUT2D eigenvalue weighted by molar-refractivity contribution is 1.71. The lowest BCUT2D eigenvalue weighted by Crippen LogP contribution is -1.71. The molecule has 0 nitrogen and oxygen atoms in total. The van der Waals surface area contributed by atoms with Gasteiger partial charge in [0.15, 0.2) is 0 Å². The lowest BCUT2D eigenvalue weighted by atomic mass is 10.1. The van der Waals surface area contributed by atoms with E-state index >= 15 is 0 Å². The van der Waals surface area contributed by atoms with Crippen LogP contribution in [0.3, 0.4) is 0 Å². The highest BCUT2D eigenvalue weighted by Gasteiger charge is 1.94. The minimum absolute atomic E-state index is 1.16.